The molecule has 2 nitrogen and oxygen atoms in total. The van der Waals surface area contributed by atoms with E-state index >= 15 is 0 Å². The van der Waals surface area contributed by atoms with Crippen LogP contribution in [0.15, 0.2) is 4.47 Å². The second-order valence-electron chi connectivity index (χ2n) is 5.51. The first-order valence-corrected chi connectivity index (χ1v) is 8.71. The van der Waals surface area contributed by atoms with E-state index in [4.69, 9.17) is 12.2 Å². The minimum absolute atomic E-state index is 0.575. The molecule has 1 N–H and O–H groups in total. The Hall–Kier alpha value is -0.220. The fourth-order valence-corrected chi connectivity index (χ4v) is 3.48. The van der Waals surface area contributed by atoms with E-state index in [-0.39, 0.29) is 0 Å². The number of nitrogens with zero attached hydrogens (tertiary/aromatic N) is 1. The summed E-state index contributed by atoms with van der Waals surface area (Å²) in [5.74, 6) is 1.70. The van der Waals surface area contributed by atoms with Gasteiger partial charge >= 0.3 is 0 Å². The van der Waals surface area contributed by atoms with Gasteiger partial charge in [-0.25, -0.2) is 4.98 Å². The Morgan fingerprint density at radius 2 is 1.84 bits per heavy atom. The number of aromatic nitrogens is 2. The summed E-state index contributed by atoms with van der Waals surface area (Å²) in [7, 11) is 0. The molecule has 0 saturated heterocycles. The van der Waals surface area contributed by atoms with Gasteiger partial charge in [-0.15, -0.1) is 0 Å². The quantitative estimate of drug-likeness (QED) is 0.715. The third kappa shape index (κ3) is 4.12. The van der Waals surface area contributed by atoms with Crippen molar-refractivity contribution in [3.63, 3.8) is 0 Å². The Labute approximate surface area is 129 Å². The van der Waals surface area contributed by atoms with Crippen LogP contribution < -0.4 is 0 Å². The Morgan fingerprint density at radius 3 is 2.47 bits per heavy atom. The maximum Gasteiger partial charge on any atom is 0.144 e. The maximum atomic E-state index is 5.39. The number of hydrogen-bond donors (Lipinski definition) is 1. The molecule has 0 atom stereocenters. The van der Waals surface area contributed by atoms with E-state index in [1.165, 1.54) is 50.6 Å². The maximum absolute atomic E-state index is 5.39. The summed E-state index contributed by atoms with van der Waals surface area (Å²) >= 11 is 8.96. The molecule has 1 aromatic rings. The van der Waals surface area contributed by atoms with Crippen molar-refractivity contribution < 1.29 is 0 Å². The van der Waals surface area contributed by atoms with Crippen molar-refractivity contribution in [3.05, 3.63) is 20.6 Å². The highest BCUT2D eigenvalue weighted by atomic mass is 79.9. The van der Waals surface area contributed by atoms with Gasteiger partial charge in [0, 0.05) is 11.6 Å². The molecule has 0 aliphatic heterocycles. The van der Waals surface area contributed by atoms with E-state index in [2.05, 4.69) is 32.8 Å². The summed E-state index contributed by atoms with van der Waals surface area (Å²) in [4.78, 5) is 8.17. The number of aromatic amines is 1. The lowest BCUT2D eigenvalue weighted by Gasteiger charge is -2.20. The summed E-state index contributed by atoms with van der Waals surface area (Å²) in [5.41, 5.74) is 1.22. The summed E-state index contributed by atoms with van der Waals surface area (Å²) in [5, 5.41) is 0. The molecule has 0 bridgehead atoms. The van der Waals surface area contributed by atoms with Crippen LogP contribution in [0.25, 0.3) is 0 Å². The van der Waals surface area contributed by atoms with E-state index in [0.717, 1.165) is 27.8 Å². The molecule has 2 rings (SSSR count). The predicted octanol–water partition coefficient (Wildman–Crippen LogP) is 5.68. The Bertz CT molecular complexity index is 462. The molecule has 106 valence electrons. The minimum Gasteiger partial charge on any atom is -0.346 e. The van der Waals surface area contributed by atoms with Crippen LogP contribution in [0, 0.1) is 4.64 Å². The van der Waals surface area contributed by atoms with Crippen LogP contribution >= 0.6 is 28.1 Å². The van der Waals surface area contributed by atoms with Crippen molar-refractivity contribution in [2.75, 3.05) is 0 Å². The molecule has 19 heavy (non-hydrogen) atoms. The van der Waals surface area contributed by atoms with Crippen LogP contribution in [0.3, 0.4) is 0 Å². The highest BCUT2D eigenvalue weighted by molar-refractivity contribution is 9.10. The zero-order valence-electron chi connectivity index (χ0n) is 11.7. The lowest BCUT2D eigenvalue weighted by Crippen LogP contribution is -2.09. The van der Waals surface area contributed by atoms with E-state index in [1.807, 2.05) is 0 Å². The second kappa shape index (κ2) is 7.53. The molecule has 1 saturated carbocycles. The van der Waals surface area contributed by atoms with Crippen LogP contribution in [0.4, 0.5) is 0 Å². The van der Waals surface area contributed by atoms with Gasteiger partial charge in [-0.3, -0.25) is 0 Å². The molecule has 4 heteroatoms. The number of halogens is 1. The Morgan fingerprint density at radius 1 is 1.21 bits per heavy atom. The van der Waals surface area contributed by atoms with Crippen molar-refractivity contribution >= 4 is 28.1 Å². The average molecular weight is 343 g/mol. The molecule has 0 spiro atoms. The lowest BCUT2D eigenvalue weighted by atomic mass is 9.90. The number of H-pyrrole nitrogens is 1. The van der Waals surface area contributed by atoms with Gasteiger partial charge in [0.05, 0.1) is 4.47 Å². The fraction of sp³-hybridized carbons (Fsp3) is 0.733. The molecular weight excluding hydrogens is 320 g/mol. The number of rotatable bonds is 3. The van der Waals surface area contributed by atoms with Crippen LogP contribution in [-0.2, 0) is 6.42 Å². The van der Waals surface area contributed by atoms with Crippen molar-refractivity contribution in [3.8, 4) is 0 Å². The lowest BCUT2D eigenvalue weighted by molar-refractivity contribution is 0.441. The summed E-state index contributed by atoms with van der Waals surface area (Å²) in [6, 6.07) is 0. The number of aryl methyl sites for hydroxylation is 1. The van der Waals surface area contributed by atoms with Gasteiger partial charge in [-0.1, -0.05) is 57.7 Å². The molecule has 1 aliphatic rings. The van der Waals surface area contributed by atoms with Gasteiger partial charge < -0.3 is 4.98 Å². The van der Waals surface area contributed by atoms with Crippen molar-refractivity contribution in [1.29, 1.82) is 0 Å². The third-order valence-electron chi connectivity index (χ3n) is 3.95. The Kier molecular flexibility index (Phi) is 6.02. The third-order valence-corrected chi connectivity index (χ3v) is 5.36. The molecule has 1 aromatic heterocycles. The monoisotopic (exact) mass is 342 g/mol. The molecule has 1 heterocycles. The smallest absolute Gasteiger partial charge is 0.144 e. The van der Waals surface area contributed by atoms with Gasteiger partial charge in [0.2, 0.25) is 0 Å². The van der Waals surface area contributed by atoms with Gasteiger partial charge in [-0.2, -0.15) is 0 Å². The SMILES string of the molecule is CCCc1[nH]c(C2CCCCCCC2)nc(=S)c1Br. The zero-order valence-corrected chi connectivity index (χ0v) is 14.1. The van der Waals surface area contributed by atoms with Crippen LogP contribution in [0.1, 0.15) is 75.7 Å². The second-order valence-corrected chi connectivity index (χ2v) is 6.69. The van der Waals surface area contributed by atoms with E-state index in [0.29, 0.717) is 5.92 Å². The van der Waals surface area contributed by atoms with Gasteiger partial charge in [0.15, 0.2) is 0 Å². The van der Waals surface area contributed by atoms with Crippen molar-refractivity contribution in [1.82, 2.24) is 9.97 Å². The van der Waals surface area contributed by atoms with Crippen molar-refractivity contribution in [2.45, 2.75) is 70.6 Å². The van der Waals surface area contributed by atoms with Crippen LogP contribution in [0.2, 0.25) is 0 Å². The topological polar surface area (TPSA) is 28.7 Å². The molecule has 1 aliphatic carbocycles. The highest BCUT2D eigenvalue weighted by Gasteiger charge is 2.17. The zero-order chi connectivity index (χ0) is 13.7. The molecule has 0 radical (unpaired) electrons. The summed E-state index contributed by atoms with van der Waals surface area (Å²) in [6.45, 7) is 2.19. The number of nitrogens with one attached hydrogen (secondary N) is 1. The molecule has 0 amide bonds. The first-order valence-electron chi connectivity index (χ1n) is 7.51. The van der Waals surface area contributed by atoms with Crippen LogP contribution in [-0.4, -0.2) is 9.97 Å². The highest BCUT2D eigenvalue weighted by Crippen LogP contribution is 2.30. The largest absolute Gasteiger partial charge is 0.346 e. The van der Waals surface area contributed by atoms with E-state index in [1.54, 1.807) is 0 Å². The molecule has 0 unspecified atom stereocenters. The predicted molar refractivity (Wildman–Crippen MR) is 86.2 cm³/mol. The minimum atomic E-state index is 0.575. The van der Waals surface area contributed by atoms with E-state index < -0.39 is 0 Å². The van der Waals surface area contributed by atoms with Crippen molar-refractivity contribution in [2.24, 2.45) is 0 Å². The van der Waals surface area contributed by atoms with Gasteiger partial charge in [0.1, 0.15) is 10.5 Å². The first kappa shape index (κ1) is 15.2. The Balaban J connectivity index is 2.24. The average Bonchev–Trinajstić information content (AvgIpc) is 2.34. The van der Waals surface area contributed by atoms with E-state index in [9.17, 15) is 0 Å². The first-order chi connectivity index (χ1) is 9.22. The number of hydrogen-bond acceptors (Lipinski definition) is 2. The molecular formula is C15H23BrN2S. The standard InChI is InChI=1S/C15H23BrN2S/c1-2-8-12-13(16)15(19)18-14(17-12)11-9-6-4-3-5-7-10-11/h11H,2-10H2,1H3,(H,17,18,19). The summed E-state index contributed by atoms with van der Waals surface area (Å²) < 4.78 is 1.71. The fourth-order valence-electron chi connectivity index (χ4n) is 2.87. The molecule has 1 fully saturated rings. The normalized spacial score (nSPS) is 18.0. The molecule has 0 aromatic carbocycles. The van der Waals surface area contributed by atoms with Gasteiger partial charge in [-0.05, 0) is 35.2 Å². The summed E-state index contributed by atoms with van der Waals surface area (Å²) in [6.07, 6.45) is 11.5. The van der Waals surface area contributed by atoms with Gasteiger partial charge in [0.25, 0.3) is 0 Å². The van der Waals surface area contributed by atoms with Crippen LogP contribution in [0.5, 0.6) is 0 Å².